The number of nitrogens with two attached hydrogens (primary N) is 1. The summed E-state index contributed by atoms with van der Waals surface area (Å²) in [6, 6.07) is 0. The van der Waals surface area contributed by atoms with Crippen molar-refractivity contribution < 1.29 is 4.79 Å². The topological polar surface area (TPSA) is 66.9 Å². The van der Waals surface area contributed by atoms with E-state index < -0.39 is 0 Å². The number of nitrogens with one attached hydrogen (secondary N) is 1. The fraction of sp³-hybridized carbons (Fsp3) is 0.333. The van der Waals surface area contributed by atoms with Crippen LogP contribution in [0.15, 0.2) is 10.5 Å². The number of amidine groups is 1. The number of rotatable bonds is 2. The van der Waals surface area contributed by atoms with Gasteiger partial charge in [0.2, 0.25) is 0 Å². The molecule has 0 radical (unpaired) electrons. The fourth-order valence-electron chi connectivity index (χ4n) is 0.639. The number of hydrogen-bond donors (Lipinski definition) is 3. The van der Waals surface area contributed by atoms with Gasteiger partial charge in [0.05, 0.1) is 5.57 Å². The summed E-state index contributed by atoms with van der Waals surface area (Å²) in [7, 11) is 0. The molecule has 3 N–H and O–H groups in total. The Hall–Kier alpha value is -0.770. The minimum atomic E-state index is -0.222. The Bertz CT molecular complexity index is 188. The average Bonchev–Trinajstić information content (AvgIpc) is 1.59. The summed E-state index contributed by atoms with van der Waals surface area (Å²) >= 11 is 3.91. The zero-order chi connectivity index (χ0) is 8.31. The van der Waals surface area contributed by atoms with Crippen molar-refractivity contribution in [3.05, 3.63) is 10.5 Å². The Balaban J connectivity index is 4.79. The molecule has 0 atom stereocenters. The lowest BCUT2D eigenvalue weighted by molar-refractivity contribution is -0.113. The van der Waals surface area contributed by atoms with E-state index in [-0.39, 0.29) is 17.2 Å². The standard InChI is InChI=1S/C6H10N2OS/c1-3(9)5(4(2)10)6(7)8/h10H,1-2H3,(H3,7,8)/b5-4-. The molecular weight excluding hydrogens is 148 g/mol. The van der Waals surface area contributed by atoms with E-state index in [9.17, 15) is 4.79 Å². The van der Waals surface area contributed by atoms with Crippen molar-refractivity contribution in [2.45, 2.75) is 13.8 Å². The van der Waals surface area contributed by atoms with E-state index in [1.165, 1.54) is 6.92 Å². The van der Waals surface area contributed by atoms with E-state index in [1.54, 1.807) is 6.92 Å². The SMILES string of the molecule is CC(=O)/C(C(=N)N)=C(\C)S. The predicted molar refractivity (Wildman–Crippen MR) is 44.3 cm³/mol. The molecule has 10 heavy (non-hydrogen) atoms. The molecule has 0 amide bonds. The highest BCUT2D eigenvalue weighted by Crippen LogP contribution is 2.07. The van der Waals surface area contributed by atoms with Gasteiger partial charge in [0.15, 0.2) is 5.78 Å². The van der Waals surface area contributed by atoms with Gasteiger partial charge >= 0.3 is 0 Å². The molecule has 3 nitrogen and oxygen atoms in total. The van der Waals surface area contributed by atoms with Crippen LogP contribution in [0.3, 0.4) is 0 Å². The van der Waals surface area contributed by atoms with E-state index in [4.69, 9.17) is 11.1 Å². The number of carbonyl (C=O) groups excluding carboxylic acids is 1. The molecule has 0 aromatic carbocycles. The van der Waals surface area contributed by atoms with Crippen LogP contribution in [0.2, 0.25) is 0 Å². The smallest absolute Gasteiger partial charge is 0.164 e. The number of thiol groups is 1. The van der Waals surface area contributed by atoms with Crippen molar-refractivity contribution in [1.82, 2.24) is 0 Å². The molecule has 0 aliphatic carbocycles. The molecule has 0 fully saturated rings. The van der Waals surface area contributed by atoms with Gasteiger partial charge in [0.1, 0.15) is 5.84 Å². The quantitative estimate of drug-likeness (QED) is 0.240. The maximum absolute atomic E-state index is 10.7. The van der Waals surface area contributed by atoms with Gasteiger partial charge in [-0.3, -0.25) is 10.2 Å². The molecule has 0 spiro atoms. The van der Waals surface area contributed by atoms with Crippen LogP contribution in [-0.4, -0.2) is 11.6 Å². The monoisotopic (exact) mass is 158 g/mol. The summed E-state index contributed by atoms with van der Waals surface area (Å²) < 4.78 is 0. The van der Waals surface area contributed by atoms with Crippen LogP contribution < -0.4 is 5.73 Å². The first-order valence-electron chi connectivity index (χ1n) is 2.72. The number of allylic oxidation sites excluding steroid dienone is 1. The third kappa shape index (κ3) is 2.23. The zero-order valence-electron chi connectivity index (χ0n) is 5.93. The van der Waals surface area contributed by atoms with Gasteiger partial charge in [-0.1, -0.05) is 0 Å². The minimum Gasteiger partial charge on any atom is -0.384 e. The molecule has 0 aliphatic heterocycles. The first-order chi connectivity index (χ1) is 4.46. The first-order valence-corrected chi connectivity index (χ1v) is 3.16. The molecular formula is C6H10N2OS. The van der Waals surface area contributed by atoms with E-state index in [2.05, 4.69) is 12.6 Å². The maximum atomic E-state index is 10.7. The Labute approximate surface area is 65.2 Å². The number of ketones is 1. The van der Waals surface area contributed by atoms with E-state index in [1.807, 2.05) is 0 Å². The summed E-state index contributed by atoms with van der Waals surface area (Å²) in [6.07, 6.45) is 0. The normalized spacial score (nSPS) is 12.3. The highest BCUT2D eigenvalue weighted by molar-refractivity contribution is 7.84. The van der Waals surface area contributed by atoms with Crippen molar-refractivity contribution in [2.24, 2.45) is 5.73 Å². The minimum absolute atomic E-state index is 0.198. The van der Waals surface area contributed by atoms with E-state index >= 15 is 0 Å². The Kier molecular flexibility index (Phi) is 3.15. The van der Waals surface area contributed by atoms with Crippen LogP contribution in [0.4, 0.5) is 0 Å². The molecule has 0 heterocycles. The maximum Gasteiger partial charge on any atom is 0.164 e. The molecule has 0 bridgehead atoms. The molecule has 0 aromatic heterocycles. The summed E-state index contributed by atoms with van der Waals surface area (Å²) in [5, 5.41) is 6.96. The van der Waals surface area contributed by atoms with Crippen LogP contribution >= 0.6 is 12.6 Å². The number of carbonyl (C=O) groups is 1. The fourth-order valence-corrected chi connectivity index (χ4v) is 0.917. The lowest BCUT2D eigenvalue weighted by atomic mass is 10.1. The first kappa shape index (κ1) is 9.23. The van der Waals surface area contributed by atoms with Crippen molar-refractivity contribution in [2.75, 3.05) is 0 Å². The molecule has 56 valence electrons. The van der Waals surface area contributed by atoms with Gasteiger partial charge in [-0.2, -0.15) is 0 Å². The van der Waals surface area contributed by atoms with Crippen LogP contribution in [0.25, 0.3) is 0 Å². The van der Waals surface area contributed by atoms with Gasteiger partial charge in [0.25, 0.3) is 0 Å². The number of hydrogen-bond acceptors (Lipinski definition) is 3. The second-order valence-corrected chi connectivity index (χ2v) is 2.60. The van der Waals surface area contributed by atoms with Crippen LogP contribution in [-0.2, 0) is 4.79 Å². The van der Waals surface area contributed by atoms with Crippen molar-refractivity contribution in [3.8, 4) is 0 Å². The van der Waals surface area contributed by atoms with Crippen molar-refractivity contribution in [1.29, 1.82) is 5.41 Å². The summed E-state index contributed by atoms with van der Waals surface area (Å²) in [5.41, 5.74) is 5.29. The Morgan fingerprint density at radius 2 is 1.90 bits per heavy atom. The summed E-state index contributed by atoms with van der Waals surface area (Å²) in [5.74, 6) is -0.444. The Morgan fingerprint density at radius 3 is 1.90 bits per heavy atom. The van der Waals surface area contributed by atoms with Crippen molar-refractivity contribution >= 4 is 24.2 Å². The lowest BCUT2D eigenvalue weighted by Gasteiger charge is -2.00. The van der Waals surface area contributed by atoms with Gasteiger partial charge in [-0.05, 0) is 18.8 Å². The molecule has 0 aliphatic rings. The largest absolute Gasteiger partial charge is 0.384 e. The molecule has 0 rings (SSSR count). The molecule has 0 saturated carbocycles. The number of Topliss-reactive ketones (excluding diaryl/α,β-unsaturated/α-hetero) is 1. The van der Waals surface area contributed by atoms with Gasteiger partial charge < -0.3 is 5.73 Å². The molecule has 0 aromatic rings. The van der Waals surface area contributed by atoms with E-state index in [0.29, 0.717) is 4.91 Å². The van der Waals surface area contributed by atoms with Gasteiger partial charge in [-0.15, -0.1) is 12.6 Å². The van der Waals surface area contributed by atoms with Crippen LogP contribution in [0.5, 0.6) is 0 Å². The highest BCUT2D eigenvalue weighted by Gasteiger charge is 2.08. The summed E-state index contributed by atoms with van der Waals surface area (Å²) in [6.45, 7) is 2.98. The zero-order valence-corrected chi connectivity index (χ0v) is 6.83. The Morgan fingerprint density at radius 1 is 1.50 bits per heavy atom. The lowest BCUT2D eigenvalue weighted by Crippen LogP contribution is -2.18. The third-order valence-corrected chi connectivity index (χ3v) is 1.21. The van der Waals surface area contributed by atoms with Crippen molar-refractivity contribution in [3.63, 3.8) is 0 Å². The predicted octanol–water partition coefficient (Wildman–Crippen LogP) is 0.715. The molecule has 4 heteroatoms. The van der Waals surface area contributed by atoms with Gasteiger partial charge in [-0.25, -0.2) is 0 Å². The summed E-state index contributed by atoms with van der Waals surface area (Å²) in [4.78, 5) is 11.2. The molecule has 0 saturated heterocycles. The van der Waals surface area contributed by atoms with E-state index in [0.717, 1.165) is 0 Å². The van der Waals surface area contributed by atoms with Gasteiger partial charge in [0, 0.05) is 0 Å². The highest BCUT2D eigenvalue weighted by atomic mass is 32.1. The average molecular weight is 158 g/mol. The third-order valence-electron chi connectivity index (χ3n) is 0.983. The van der Waals surface area contributed by atoms with Crippen LogP contribution in [0.1, 0.15) is 13.8 Å². The molecule has 0 unspecified atom stereocenters. The second-order valence-electron chi connectivity index (χ2n) is 1.93. The second kappa shape index (κ2) is 3.41. The van der Waals surface area contributed by atoms with Crippen LogP contribution in [0, 0.1) is 5.41 Å².